The molecule has 98 valence electrons. The van der Waals surface area contributed by atoms with Crippen LogP contribution in [0, 0.1) is 10.1 Å². The summed E-state index contributed by atoms with van der Waals surface area (Å²) in [5.74, 6) is 0. The summed E-state index contributed by atoms with van der Waals surface area (Å²) in [6.07, 6.45) is 1.42. The van der Waals surface area contributed by atoms with Gasteiger partial charge in [0.2, 0.25) is 0 Å². The fourth-order valence-corrected chi connectivity index (χ4v) is 2.24. The van der Waals surface area contributed by atoms with E-state index in [4.69, 9.17) is 0 Å². The van der Waals surface area contributed by atoms with E-state index >= 15 is 0 Å². The monoisotopic (exact) mass is 266 g/mol. The van der Waals surface area contributed by atoms with E-state index < -0.39 is 16.2 Å². The Morgan fingerprint density at radius 3 is 2.50 bits per heavy atom. The molecule has 2 aromatic carbocycles. The lowest BCUT2D eigenvalue weighted by Gasteiger charge is -2.04. The van der Waals surface area contributed by atoms with Crippen LogP contribution in [0.5, 0.6) is 0 Å². The summed E-state index contributed by atoms with van der Waals surface area (Å²) in [5.41, 5.74) is -0.144. The molecule has 1 heterocycles. The number of benzene rings is 2. The standard InChI is InChI=1S/C15H10N2O3/c18-15-14(17(19)20)13(7-8-16-15)12-6-5-10-3-1-2-4-11(10)9-12/h1-9H,(H,16,18). The van der Waals surface area contributed by atoms with E-state index in [1.807, 2.05) is 36.4 Å². The fourth-order valence-electron chi connectivity index (χ4n) is 2.24. The van der Waals surface area contributed by atoms with Gasteiger partial charge in [0, 0.05) is 6.20 Å². The highest BCUT2D eigenvalue weighted by atomic mass is 16.6. The number of pyridine rings is 1. The minimum absolute atomic E-state index is 0.324. The molecule has 0 aliphatic carbocycles. The fraction of sp³-hybridized carbons (Fsp3) is 0. The predicted octanol–water partition coefficient (Wildman–Crippen LogP) is 3.10. The van der Waals surface area contributed by atoms with Gasteiger partial charge in [-0.3, -0.25) is 14.9 Å². The molecular weight excluding hydrogens is 256 g/mol. The van der Waals surface area contributed by atoms with Gasteiger partial charge in [-0.2, -0.15) is 0 Å². The van der Waals surface area contributed by atoms with E-state index in [9.17, 15) is 14.9 Å². The molecule has 1 aromatic heterocycles. The van der Waals surface area contributed by atoms with Crippen molar-refractivity contribution in [3.8, 4) is 11.1 Å². The number of nitro groups is 1. The Labute approximate surface area is 113 Å². The summed E-state index contributed by atoms with van der Waals surface area (Å²) in [5, 5.41) is 13.1. The van der Waals surface area contributed by atoms with E-state index in [-0.39, 0.29) is 0 Å². The van der Waals surface area contributed by atoms with Crippen LogP contribution in [0.1, 0.15) is 0 Å². The molecule has 1 N–H and O–H groups in total. The number of hydrogen-bond donors (Lipinski definition) is 1. The Balaban J connectivity index is 2.28. The molecule has 0 fully saturated rings. The van der Waals surface area contributed by atoms with Crippen molar-refractivity contribution in [3.63, 3.8) is 0 Å². The molecule has 0 bridgehead atoms. The van der Waals surface area contributed by atoms with Gasteiger partial charge in [-0.1, -0.05) is 36.4 Å². The molecular formula is C15H10N2O3. The van der Waals surface area contributed by atoms with Crippen LogP contribution in [-0.4, -0.2) is 9.91 Å². The van der Waals surface area contributed by atoms with Crippen LogP contribution in [0.2, 0.25) is 0 Å². The number of nitrogens with zero attached hydrogens (tertiary/aromatic N) is 1. The van der Waals surface area contributed by atoms with E-state index in [1.165, 1.54) is 6.20 Å². The zero-order chi connectivity index (χ0) is 14.1. The van der Waals surface area contributed by atoms with Gasteiger partial charge in [0.25, 0.3) is 0 Å². The van der Waals surface area contributed by atoms with Crippen molar-refractivity contribution in [2.45, 2.75) is 0 Å². The van der Waals surface area contributed by atoms with Gasteiger partial charge in [-0.05, 0) is 28.5 Å². The number of aromatic nitrogens is 1. The molecule has 20 heavy (non-hydrogen) atoms. The smallest absolute Gasteiger partial charge is 0.323 e. The molecule has 0 aliphatic heterocycles. The van der Waals surface area contributed by atoms with Gasteiger partial charge in [0.15, 0.2) is 0 Å². The third-order valence-corrected chi connectivity index (χ3v) is 3.18. The summed E-state index contributed by atoms with van der Waals surface area (Å²) >= 11 is 0. The summed E-state index contributed by atoms with van der Waals surface area (Å²) in [6.45, 7) is 0. The molecule has 0 amide bonds. The second-order valence-corrected chi connectivity index (χ2v) is 4.39. The SMILES string of the molecule is O=c1[nH]ccc(-c2ccc3ccccc3c2)c1[N+](=O)[O-]. The number of hydrogen-bond acceptors (Lipinski definition) is 3. The van der Waals surface area contributed by atoms with Crippen LogP contribution >= 0.6 is 0 Å². The van der Waals surface area contributed by atoms with Crippen molar-refractivity contribution >= 4 is 16.5 Å². The first kappa shape index (κ1) is 12.1. The molecule has 0 saturated carbocycles. The van der Waals surface area contributed by atoms with Crippen molar-refractivity contribution < 1.29 is 4.92 Å². The van der Waals surface area contributed by atoms with Crippen molar-refractivity contribution in [2.24, 2.45) is 0 Å². The second-order valence-electron chi connectivity index (χ2n) is 4.39. The predicted molar refractivity (Wildman–Crippen MR) is 76.7 cm³/mol. The van der Waals surface area contributed by atoms with Crippen LogP contribution < -0.4 is 5.56 Å². The maximum Gasteiger partial charge on any atom is 0.341 e. The summed E-state index contributed by atoms with van der Waals surface area (Å²) in [4.78, 5) is 24.4. The van der Waals surface area contributed by atoms with Crippen molar-refractivity contribution in [2.75, 3.05) is 0 Å². The van der Waals surface area contributed by atoms with E-state index in [0.29, 0.717) is 11.1 Å². The average Bonchev–Trinajstić information content (AvgIpc) is 2.46. The Bertz CT molecular complexity index is 868. The van der Waals surface area contributed by atoms with E-state index in [2.05, 4.69) is 4.98 Å². The molecule has 0 saturated heterocycles. The first-order valence-corrected chi connectivity index (χ1v) is 6.02. The molecule has 0 unspecified atom stereocenters. The highest BCUT2D eigenvalue weighted by Crippen LogP contribution is 2.28. The molecule has 3 aromatic rings. The van der Waals surface area contributed by atoms with Gasteiger partial charge in [0.05, 0.1) is 10.5 Å². The van der Waals surface area contributed by atoms with Gasteiger partial charge < -0.3 is 4.98 Å². The van der Waals surface area contributed by atoms with Crippen molar-refractivity contribution in [1.82, 2.24) is 4.98 Å². The van der Waals surface area contributed by atoms with Crippen LogP contribution in [0.4, 0.5) is 5.69 Å². The largest absolute Gasteiger partial charge is 0.341 e. The number of nitrogens with one attached hydrogen (secondary N) is 1. The quantitative estimate of drug-likeness (QED) is 0.572. The Kier molecular flexibility index (Phi) is 2.80. The third-order valence-electron chi connectivity index (χ3n) is 3.18. The molecule has 3 rings (SSSR count). The van der Waals surface area contributed by atoms with Crippen LogP contribution in [-0.2, 0) is 0 Å². The summed E-state index contributed by atoms with van der Waals surface area (Å²) < 4.78 is 0. The second kappa shape index (κ2) is 4.62. The van der Waals surface area contributed by atoms with Crippen LogP contribution in [0.3, 0.4) is 0 Å². The number of rotatable bonds is 2. The lowest BCUT2D eigenvalue weighted by Crippen LogP contribution is -2.11. The highest BCUT2D eigenvalue weighted by Gasteiger charge is 2.19. The first-order chi connectivity index (χ1) is 9.66. The lowest BCUT2D eigenvalue weighted by atomic mass is 10.0. The molecule has 0 radical (unpaired) electrons. The highest BCUT2D eigenvalue weighted by molar-refractivity contribution is 5.88. The topological polar surface area (TPSA) is 76.0 Å². The molecule has 0 spiro atoms. The Morgan fingerprint density at radius 1 is 1.00 bits per heavy atom. The molecule has 5 heteroatoms. The minimum Gasteiger partial charge on any atom is -0.323 e. The zero-order valence-corrected chi connectivity index (χ0v) is 10.4. The van der Waals surface area contributed by atoms with Crippen molar-refractivity contribution in [3.05, 3.63) is 75.2 Å². The van der Waals surface area contributed by atoms with E-state index in [0.717, 1.165) is 10.8 Å². The van der Waals surface area contributed by atoms with Crippen molar-refractivity contribution in [1.29, 1.82) is 0 Å². The number of aromatic amines is 1. The van der Waals surface area contributed by atoms with Gasteiger partial charge >= 0.3 is 11.2 Å². The third kappa shape index (κ3) is 1.95. The summed E-state index contributed by atoms with van der Waals surface area (Å²) in [7, 11) is 0. The van der Waals surface area contributed by atoms with Crippen LogP contribution in [0.15, 0.2) is 59.5 Å². The normalized spacial score (nSPS) is 10.6. The average molecular weight is 266 g/mol. The van der Waals surface area contributed by atoms with Gasteiger partial charge in [-0.15, -0.1) is 0 Å². The van der Waals surface area contributed by atoms with E-state index in [1.54, 1.807) is 12.1 Å². The first-order valence-electron chi connectivity index (χ1n) is 6.02. The maximum absolute atomic E-state index is 11.6. The maximum atomic E-state index is 11.6. The van der Waals surface area contributed by atoms with Gasteiger partial charge in [0.1, 0.15) is 0 Å². The Morgan fingerprint density at radius 2 is 1.75 bits per heavy atom. The van der Waals surface area contributed by atoms with Gasteiger partial charge in [-0.25, -0.2) is 0 Å². The Hall–Kier alpha value is -2.95. The molecule has 0 atom stereocenters. The van der Waals surface area contributed by atoms with Crippen LogP contribution in [0.25, 0.3) is 21.9 Å². The number of H-pyrrole nitrogens is 1. The zero-order valence-electron chi connectivity index (χ0n) is 10.4. The number of fused-ring (bicyclic) bond motifs is 1. The minimum atomic E-state index is -0.694. The molecule has 0 aliphatic rings. The summed E-state index contributed by atoms with van der Waals surface area (Å²) in [6, 6.07) is 14.8. The lowest BCUT2D eigenvalue weighted by molar-refractivity contribution is -0.385. The molecule has 5 nitrogen and oxygen atoms in total.